The van der Waals surface area contributed by atoms with Gasteiger partial charge >= 0.3 is 5.97 Å². The molecular weight excluding hydrogens is 224 g/mol. The van der Waals surface area contributed by atoms with Gasteiger partial charge in [0.1, 0.15) is 12.1 Å². The lowest BCUT2D eigenvalue weighted by Gasteiger charge is -2.20. The zero-order chi connectivity index (χ0) is 13.0. The van der Waals surface area contributed by atoms with Crippen LogP contribution >= 0.6 is 0 Å². The first-order valence-electron chi connectivity index (χ1n) is 5.84. The Bertz CT molecular complexity index is 293. The molecule has 6 nitrogen and oxygen atoms in total. The highest BCUT2D eigenvalue weighted by Crippen LogP contribution is 2.19. The summed E-state index contributed by atoms with van der Waals surface area (Å²) >= 11 is 0. The van der Waals surface area contributed by atoms with Gasteiger partial charge in [0.25, 0.3) is 0 Å². The van der Waals surface area contributed by atoms with E-state index in [0.29, 0.717) is 13.0 Å². The van der Waals surface area contributed by atoms with Crippen LogP contribution < -0.4 is 11.1 Å². The van der Waals surface area contributed by atoms with Crippen molar-refractivity contribution in [1.82, 2.24) is 5.32 Å². The number of aliphatic carboxylic acids is 1. The number of nitrogens with one attached hydrogen (secondary N) is 1. The molecule has 3 atom stereocenters. The highest BCUT2D eigenvalue weighted by atomic mass is 16.5. The van der Waals surface area contributed by atoms with Gasteiger partial charge in [-0.15, -0.1) is 0 Å². The Kier molecular flexibility index (Phi) is 4.89. The fourth-order valence-electron chi connectivity index (χ4n) is 1.83. The summed E-state index contributed by atoms with van der Waals surface area (Å²) < 4.78 is 5.40. The van der Waals surface area contributed by atoms with Crippen LogP contribution in [0.25, 0.3) is 0 Å². The molecule has 0 spiro atoms. The third kappa shape index (κ3) is 3.67. The quantitative estimate of drug-likeness (QED) is 0.617. The molecule has 0 aliphatic carbocycles. The second kappa shape index (κ2) is 5.97. The van der Waals surface area contributed by atoms with Crippen LogP contribution in [0.5, 0.6) is 0 Å². The summed E-state index contributed by atoms with van der Waals surface area (Å²) in [7, 11) is 0. The first-order chi connectivity index (χ1) is 7.95. The Hall–Kier alpha value is -1.14. The summed E-state index contributed by atoms with van der Waals surface area (Å²) in [4.78, 5) is 22.7. The van der Waals surface area contributed by atoms with E-state index in [0.717, 1.165) is 6.42 Å². The van der Waals surface area contributed by atoms with Crippen molar-refractivity contribution in [3.63, 3.8) is 0 Å². The fourth-order valence-corrected chi connectivity index (χ4v) is 1.83. The Morgan fingerprint density at radius 2 is 2.12 bits per heavy atom. The topological polar surface area (TPSA) is 102 Å². The van der Waals surface area contributed by atoms with E-state index in [1.807, 2.05) is 0 Å². The van der Waals surface area contributed by atoms with E-state index in [-0.39, 0.29) is 17.9 Å². The second-order valence-electron chi connectivity index (χ2n) is 4.63. The van der Waals surface area contributed by atoms with Gasteiger partial charge in [-0.2, -0.15) is 0 Å². The van der Waals surface area contributed by atoms with E-state index in [1.165, 1.54) is 0 Å². The SMILES string of the molecule is CC(C)[C@@H](NC(=O)C1CCC(CN)O1)C(=O)O. The Balaban J connectivity index is 2.51. The van der Waals surface area contributed by atoms with Crippen LogP contribution in [0.1, 0.15) is 26.7 Å². The van der Waals surface area contributed by atoms with E-state index < -0.39 is 18.1 Å². The molecule has 1 fully saturated rings. The highest BCUT2D eigenvalue weighted by molar-refractivity contribution is 5.86. The van der Waals surface area contributed by atoms with Crippen molar-refractivity contribution in [2.45, 2.75) is 44.9 Å². The number of carboxylic acid groups (broad SMARTS) is 1. The molecule has 4 N–H and O–H groups in total. The van der Waals surface area contributed by atoms with Crippen molar-refractivity contribution in [2.75, 3.05) is 6.54 Å². The summed E-state index contributed by atoms with van der Waals surface area (Å²) in [5.41, 5.74) is 5.44. The average Bonchev–Trinajstić information content (AvgIpc) is 2.73. The number of carbonyl (C=O) groups excluding carboxylic acids is 1. The van der Waals surface area contributed by atoms with Gasteiger partial charge in [-0.1, -0.05) is 13.8 Å². The normalized spacial score (nSPS) is 25.9. The van der Waals surface area contributed by atoms with Gasteiger partial charge < -0.3 is 20.9 Å². The largest absolute Gasteiger partial charge is 0.480 e. The van der Waals surface area contributed by atoms with Gasteiger partial charge in [0.05, 0.1) is 6.10 Å². The maximum absolute atomic E-state index is 11.8. The van der Waals surface area contributed by atoms with Gasteiger partial charge in [-0.25, -0.2) is 4.79 Å². The minimum atomic E-state index is -1.03. The summed E-state index contributed by atoms with van der Waals surface area (Å²) in [6, 6.07) is -0.872. The lowest BCUT2D eigenvalue weighted by molar-refractivity contribution is -0.145. The van der Waals surface area contributed by atoms with E-state index >= 15 is 0 Å². The molecule has 1 aliphatic rings. The molecule has 0 radical (unpaired) electrons. The molecule has 2 unspecified atom stereocenters. The molecule has 1 amide bonds. The van der Waals surface area contributed by atoms with Crippen LogP contribution in [0.4, 0.5) is 0 Å². The van der Waals surface area contributed by atoms with Crippen LogP contribution in [0, 0.1) is 5.92 Å². The first kappa shape index (κ1) is 13.9. The van der Waals surface area contributed by atoms with E-state index in [1.54, 1.807) is 13.8 Å². The molecular formula is C11H20N2O4. The standard InChI is InChI=1S/C11H20N2O4/c1-6(2)9(11(15)16)13-10(14)8-4-3-7(5-12)17-8/h6-9H,3-5,12H2,1-2H3,(H,13,14)(H,15,16)/t7?,8?,9-/m1/s1. The molecule has 1 aliphatic heterocycles. The van der Waals surface area contributed by atoms with Gasteiger partial charge in [-0.05, 0) is 18.8 Å². The Morgan fingerprint density at radius 3 is 2.53 bits per heavy atom. The zero-order valence-electron chi connectivity index (χ0n) is 10.2. The van der Waals surface area contributed by atoms with Crippen molar-refractivity contribution in [1.29, 1.82) is 0 Å². The molecule has 98 valence electrons. The summed E-state index contributed by atoms with van der Waals surface area (Å²) in [5.74, 6) is -1.55. The number of hydrogen-bond donors (Lipinski definition) is 3. The van der Waals surface area contributed by atoms with Crippen molar-refractivity contribution in [3.8, 4) is 0 Å². The van der Waals surface area contributed by atoms with E-state index in [2.05, 4.69) is 5.32 Å². The monoisotopic (exact) mass is 244 g/mol. The van der Waals surface area contributed by atoms with Crippen molar-refractivity contribution >= 4 is 11.9 Å². The van der Waals surface area contributed by atoms with Crippen LogP contribution in [0.2, 0.25) is 0 Å². The maximum Gasteiger partial charge on any atom is 0.326 e. The number of carbonyl (C=O) groups is 2. The third-order valence-corrected chi connectivity index (χ3v) is 2.89. The molecule has 0 saturated carbocycles. The minimum absolute atomic E-state index is 0.0897. The highest BCUT2D eigenvalue weighted by Gasteiger charge is 2.33. The predicted molar refractivity (Wildman–Crippen MR) is 61.4 cm³/mol. The van der Waals surface area contributed by atoms with Crippen LogP contribution in [0.3, 0.4) is 0 Å². The lowest BCUT2D eigenvalue weighted by atomic mass is 10.0. The molecule has 0 aromatic carbocycles. The summed E-state index contributed by atoms with van der Waals surface area (Å²) in [6.07, 6.45) is 0.684. The Morgan fingerprint density at radius 1 is 1.47 bits per heavy atom. The molecule has 1 rings (SSSR count). The zero-order valence-corrected chi connectivity index (χ0v) is 10.2. The minimum Gasteiger partial charge on any atom is -0.480 e. The average molecular weight is 244 g/mol. The number of carboxylic acids is 1. The third-order valence-electron chi connectivity index (χ3n) is 2.89. The number of nitrogens with two attached hydrogens (primary N) is 1. The smallest absolute Gasteiger partial charge is 0.326 e. The summed E-state index contributed by atoms with van der Waals surface area (Å²) in [5, 5.41) is 11.5. The van der Waals surface area contributed by atoms with Crippen molar-refractivity contribution < 1.29 is 19.4 Å². The predicted octanol–water partition coefficient (Wildman–Crippen LogP) is -0.282. The van der Waals surface area contributed by atoms with Gasteiger partial charge in [-0.3, -0.25) is 4.79 Å². The molecule has 6 heteroatoms. The molecule has 17 heavy (non-hydrogen) atoms. The number of ether oxygens (including phenoxy) is 1. The molecule has 0 aromatic heterocycles. The summed E-state index contributed by atoms with van der Waals surface area (Å²) in [6.45, 7) is 3.88. The van der Waals surface area contributed by atoms with Crippen LogP contribution in [0.15, 0.2) is 0 Å². The van der Waals surface area contributed by atoms with Gasteiger partial charge in [0.2, 0.25) is 5.91 Å². The Labute approximate surface area is 101 Å². The molecule has 0 bridgehead atoms. The van der Waals surface area contributed by atoms with Crippen LogP contribution in [-0.2, 0) is 14.3 Å². The van der Waals surface area contributed by atoms with Gasteiger partial charge in [0.15, 0.2) is 0 Å². The van der Waals surface area contributed by atoms with Crippen LogP contribution in [-0.4, -0.2) is 41.8 Å². The first-order valence-corrected chi connectivity index (χ1v) is 5.84. The number of rotatable bonds is 5. The maximum atomic E-state index is 11.8. The lowest BCUT2D eigenvalue weighted by Crippen LogP contribution is -2.48. The van der Waals surface area contributed by atoms with Gasteiger partial charge in [0, 0.05) is 6.54 Å². The van der Waals surface area contributed by atoms with Crippen molar-refractivity contribution in [2.24, 2.45) is 11.7 Å². The number of hydrogen-bond acceptors (Lipinski definition) is 4. The molecule has 1 heterocycles. The second-order valence-corrected chi connectivity index (χ2v) is 4.63. The molecule has 1 saturated heterocycles. The van der Waals surface area contributed by atoms with E-state index in [4.69, 9.17) is 15.6 Å². The fraction of sp³-hybridized carbons (Fsp3) is 0.818. The van der Waals surface area contributed by atoms with E-state index in [9.17, 15) is 9.59 Å². The molecule has 0 aromatic rings. The van der Waals surface area contributed by atoms with Crippen molar-refractivity contribution in [3.05, 3.63) is 0 Å². The number of amides is 1.